The van der Waals surface area contributed by atoms with Gasteiger partial charge in [-0.1, -0.05) is 38.5 Å². The highest BCUT2D eigenvalue weighted by Crippen LogP contribution is 2.26. The van der Waals surface area contributed by atoms with E-state index in [0.717, 1.165) is 0 Å². The van der Waals surface area contributed by atoms with Crippen molar-refractivity contribution in [1.82, 2.24) is 10.2 Å². The van der Waals surface area contributed by atoms with E-state index in [1.165, 1.54) is 25.3 Å². The lowest BCUT2D eigenvalue weighted by Crippen LogP contribution is -2.42. The SMILES string of the molecule is CNC(=O)N(/C=C(\C=O)C(OC)C(Br)I)[C@H]1C[C@H](O)[C@@H](CO)O1. The largest absolute Gasteiger partial charge is 0.394 e. The topological polar surface area (TPSA) is 108 Å². The molecule has 23 heavy (non-hydrogen) atoms. The van der Waals surface area contributed by atoms with Gasteiger partial charge in [-0.3, -0.25) is 9.69 Å². The van der Waals surface area contributed by atoms with Gasteiger partial charge in [0.25, 0.3) is 0 Å². The number of aldehydes is 1. The maximum atomic E-state index is 12.1. The molecule has 10 heteroatoms. The number of hydrogen-bond acceptors (Lipinski definition) is 6. The van der Waals surface area contributed by atoms with Gasteiger partial charge < -0.3 is 25.0 Å². The third kappa shape index (κ3) is 5.36. The van der Waals surface area contributed by atoms with Crippen LogP contribution in [0.25, 0.3) is 0 Å². The number of halogens is 2. The second-order valence-electron chi connectivity index (χ2n) is 4.81. The number of urea groups is 1. The zero-order valence-electron chi connectivity index (χ0n) is 12.7. The number of ether oxygens (including phenoxy) is 2. The number of methoxy groups -OCH3 is 1. The molecule has 1 fully saturated rings. The van der Waals surface area contributed by atoms with Crippen LogP contribution < -0.4 is 5.32 Å². The molecule has 1 aliphatic rings. The quantitative estimate of drug-likeness (QED) is 0.199. The molecular formula is C13H20BrIN2O6. The summed E-state index contributed by atoms with van der Waals surface area (Å²) in [6, 6.07) is -0.505. The van der Waals surface area contributed by atoms with E-state index < -0.39 is 30.6 Å². The maximum Gasteiger partial charge on any atom is 0.323 e. The van der Waals surface area contributed by atoms with Crippen LogP contribution in [0.2, 0.25) is 0 Å². The molecule has 1 heterocycles. The number of aliphatic hydroxyl groups is 2. The first-order valence-electron chi connectivity index (χ1n) is 6.81. The summed E-state index contributed by atoms with van der Waals surface area (Å²) < 4.78 is 10.6. The summed E-state index contributed by atoms with van der Waals surface area (Å²) in [6.45, 7) is -0.360. The van der Waals surface area contributed by atoms with Gasteiger partial charge in [0.1, 0.15) is 24.7 Å². The fourth-order valence-corrected chi connectivity index (χ4v) is 3.40. The molecule has 0 spiro atoms. The Kier molecular flexibility index (Phi) is 8.93. The standard InChI is InChI=1S/C13H20BrIN2O6/c1-16-13(21)17(10-3-8(20)9(6-19)23-10)4-7(5-18)11(22-2)12(14)15/h4-5,8-12,19-20H,3,6H2,1-2H3,(H,16,21)/b7-4+/t8-,9+,10+,11?,12?/m0/s1. The molecule has 2 unspecified atom stereocenters. The van der Waals surface area contributed by atoms with Crippen molar-refractivity contribution in [3.63, 3.8) is 0 Å². The summed E-state index contributed by atoms with van der Waals surface area (Å²) in [5.41, 5.74) is 0.234. The van der Waals surface area contributed by atoms with Gasteiger partial charge in [0.05, 0.1) is 15.5 Å². The van der Waals surface area contributed by atoms with Gasteiger partial charge in [0, 0.05) is 32.4 Å². The molecule has 132 valence electrons. The molecule has 0 aromatic rings. The van der Waals surface area contributed by atoms with E-state index in [-0.39, 0.29) is 21.4 Å². The number of nitrogens with one attached hydrogen (secondary N) is 1. The lowest BCUT2D eigenvalue weighted by molar-refractivity contribution is -0.106. The van der Waals surface area contributed by atoms with Gasteiger partial charge in [0.15, 0.2) is 0 Å². The Morgan fingerprint density at radius 1 is 1.65 bits per heavy atom. The fraction of sp³-hybridized carbons (Fsp3) is 0.692. The van der Waals surface area contributed by atoms with E-state index in [2.05, 4.69) is 21.2 Å². The highest BCUT2D eigenvalue weighted by atomic mass is 127. The molecule has 0 radical (unpaired) electrons. The number of nitrogens with zero attached hydrogens (tertiary/aromatic N) is 1. The Balaban J connectivity index is 3.09. The summed E-state index contributed by atoms with van der Waals surface area (Å²) >= 11 is 5.38. The van der Waals surface area contributed by atoms with Crippen molar-refractivity contribution in [2.24, 2.45) is 0 Å². The average molecular weight is 507 g/mol. The number of aliphatic hydroxyl groups excluding tert-OH is 2. The normalized spacial score (nSPS) is 27.4. The number of alkyl halides is 2. The van der Waals surface area contributed by atoms with Crippen LogP contribution in [0.3, 0.4) is 0 Å². The van der Waals surface area contributed by atoms with Gasteiger partial charge in [-0.25, -0.2) is 4.79 Å². The molecule has 3 N–H and O–H groups in total. The Hall–Kier alpha value is -0.270. The highest BCUT2D eigenvalue weighted by Gasteiger charge is 2.38. The fourth-order valence-electron chi connectivity index (χ4n) is 2.17. The van der Waals surface area contributed by atoms with Gasteiger partial charge in [0.2, 0.25) is 0 Å². The maximum absolute atomic E-state index is 12.1. The van der Waals surface area contributed by atoms with Gasteiger partial charge in [-0.05, 0) is 0 Å². The third-order valence-electron chi connectivity index (χ3n) is 3.38. The van der Waals surface area contributed by atoms with Crippen molar-refractivity contribution < 1.29 is 29.3 Å². The second kappa shape index (κ2) is 9.89. The molecule has 5 atom stereocenters. The molecule has 0 bridgehead atoms. The van der Waals surface area contributed by atoms with E-state index in [4.69, 9.17) is 14.6 Å². The predicted octanol–water partition coefficient (Wildman–Crippen LogP) is 0.350. The van der Waals surface area contributed by atoms with Crippen LogP contribution in [-0.4, -0.2) is 75.6 Å². The van der Waals surface area contributed by atoms with Crippen LogP contribution in [0.5, 0.6) is 0 Å². The van der Waals surface area contributed by atoms with Gasteiger partial charge in [-0.15, -0.1) is 0 Å². The van der Waals surface area contributed by atoms with Gasteiger partial charge in [-0.2, -0.15) is 0 Å². The minimum atomic E-state index is -0.892. The van der Waals surface area contributed by atoms with E-state index in [0.29, 0.717) is 6.29 Å². The second-order valence-corrected chi connectivity index (χ2v) is 8.86. The molecule has 1 saturated heterocycles. The smallest absolute Gasteiger partial charge is 0.323 e. The lowest BCUT2D eigenvalue weighted by Gasteiger charge is -2.27. The van der Waals surface area contributed by atoms with Crippen LogP contribution in [-0.2, 0) is 14.3 Å². The molecule has 0 aliphatic carbocycles. The molecule has 8 nitrogen and oxygen atoms in total. The van der Waals surface area contributed by atoms with Crippen molar-refractivity contribution in [2.45, 2.75) is 33.8 Å². The molecule has 0 aromatic carbocycles. The molecule has 2 amide bonds. The first kappa shape index (κ1) is 20.8. The average Bonchev–Trinajstić information content (AvgIpc) is 2.90. The third-order valence-corrected chi connectivity index (χ3v) is 4.51. The minimum Gasteiger partial charge on any atom is -0.394 e. The highest BCUT2D eigenvalue weighted by molar-refractivity contribution is 14.1. The van der Waals surface area contributed by atoms with Crippen LogP contribution >= 0.6 is 38.5 Å². The zero-order chi connectivity index (χ0) is 17.6. The van der Waals surface area contributed by atoms with Crippen molar-refractivity contribution in [3.8, 4) is 0 Å². The molecule has 0 saturated carbocycles. The van der Waals surface area contributed by atoms with Crippen molar-refractivity contribution in [2.75, 3.05) is 20.8 Å². The summed E-state index contributed by atoms with van der Waals surface area (Å²) in [6.07, 6.45) is -0.960. The molecule has 0 aromatic heterocycles. The zero-order valence-corrected chi connectivity index (χ0v) is 16.4. The van der Waals surface area contributed by atoms with E-state index in [9.17, 15) is 14.7 Å². The van der Waals surface area contributed by atoms with Crippen LogP contribution in [0.15, 0.2) is 11.8 Å². The van der Waals surface area contributed by atoms with Crippen molar-refractivity contribution in [1.29, 1.82) is 0 Å². The Labute approximate surface area is 156 Å². The summed E-state index contributed by atoms with van der Waals surface area (Å²) in [4.78, 5) is 24.7. The van der Waals surface area contributed by atoms with Crippen LogP contribution in [0.1, 0.15) is 6.42 Å². The van der Waals surface area contributed by atoms with Crippen LogP contribution in [0, 0.1) is 0 Å². The number of hydrogen-bond donors (Lipinski definition) is 3. The monoisotopic (exact) mass is 506 g/mol. The number of amides is 2. The van der Waals surface area contributed by atoms with Gasteiger partial charge >= 0.3 is 6.03 Å². The number of carbonyl (C=O) groups excluding carboxylic acids is 2. The Bertz CT molecular complexity index is 450. The molecule has 1 aliphatic heterocycles. The minimum absolute atomic E-state index is 0.126. The summed E-state index contributed by atoms with van der Waals surface area (Å²) in [5, 5.41) is 21.4. The van der Waals surface area contributed by atoms with Crippen LogP contribution in [0.4, 0.5) is 4.79 Å². The molecular weight excluding hydrogens is 487 g/mol. The lowest BCUT2D eigenvalue weighted by atomic mass is 10.1. The van der Waals surface area contributed by atoms with E-state index in [1.54, 1.807) is 0 Å². The Morgan fingerprint density at radius 3 is 2.70 bits per heavy atom. The van der Waals surface area contributed by atoms with Crippen molar-refractivity contribution in [3.05, 3.63) is 11.8 Å². The first-order valence-corrected chi connectivity index (χ1v) is 8.97. The van der Waals surface area contributed by atoms with E-state index >= 15 is 0 Å². The predicted molar refractivity (Wildman–Crippen MR) is 94.3 cm³/mol. The summed E-state index contributed by atoms with van der Waals surface area (Å²) in [7, 11) is 2.90. The molecule has 1 rings (SSSR count). The number of rotatable bonds is 7. The summed E-state index contributed by atoms with van der Waals surface area (Å²) in [5.74, 6) is 0. The van der Waals surface area contributed by atoms with E-state index in [1.807, 2.05) is 22.6 Å². The Morgan fingerprint density at radius 2 is 2.30 bits per heavy atom. The first-order chi connectivity index (χ1) is 10.9. The number of carbonyl (C=O) groups is 2. The van der Waals surface area contributed by atoms with Crippen molar-refractivity contribution >= 4 is 50.8 Å².